The van der Waals surface area contributed by atoms with Crippen LogP contribution in [0.1, 0.15) is 10.5 Å². The molecule has 0 saturated heterocycles. The first kappa shape index (κ1) is 16.9. The van der Waals surface area contributed by atoms with Crippen LogP contribution in [0.5, 0.6) is 0 Å². The van der Waals surface area contributed by atoms with Crippen molar-refractivity contribution in [3.8, 4) is 0 Å². The van der Waals surface area contributed by atoms with E-state index >= 15 is 0 Å². The highest BCUT2D eigenvalue weighted by Crippen LogP contribution is 2.19. The predicted octanol–water partition coefficient (Wildman–Crippen LogP) is 1.61. The largest absolute Gasteiger partial charge is 0.755 e. The zero-order chi connectivity index (χ0) is 18.0. The molecule has 1 amide bonds. The summed E-state index contributed by atoms with van der Waals surface area (Å²) in [5, 5.41) is 3.75. The third kappa shape index (κ3) is 3.92. The lowest BCUT2D eigenvalue weighted by atomic mass is 10.3. The summed E-state index contributed by atoms with van der Waals surface area (Å²) in [5.74, 6) is 0.206. The van der Waals surface area contributed by atoms with Gasteiger partial charge in [-0.1, -0.05) is 0 Å². The number of amides is 1. The molecule has 0 bridgehead atoms. The molecular weight excluding hydrogens is 344 g/mol. The van der Waals surface area contributed by atoms with E-state index < -0.39 is 11.3 Å². The Labute approximate surface area is 145 Å². The van der Waals surface area contributed by atoms with Gasteiger partial charge in [-0.25, -0.2) is 4.98 Å². The molecule has 3 rings (SSSR count). The third-order valence-electron chi connectivity index (χ3n) is 3.35. The van der Waals surface area contributed by atoms with Crippen molar-refractivity contribution in [3.63, 3.8) is 0 Å². The van der Waals surface area contributed by atoms with Crippen LogP contribution in [0.3, 0.4) is 0 Å². The van der Waals surface area contributed by atoms with Gasteiger partial charge < -0.3 is 24.5 Å². The predicted molar refractivity (Wildman–Crippen MR) is 94.2 cm³/mol. The number of aromatic nitrogens is 3. The van der Waals surface area contributed by atoms with E-state index in [1.807, 2.05) is 0 Å². The minimum atomic E-state index is -2.36. The zero-order valence-electron chi connectivity index (χ0n) is 13.4. The van der Waals surface area contributed by atoms with Crippen molar-refractivity contribution in [1.82, 2.24) is 19.9 Å². The molecular formula is C15H15N6O3S-. The molecule has 0 radical (unpaired) electrons. The molecule has 9 nitrogen and oxygen atoms in total. The minimum Gasteiger partial charge on any atom is -0.755 e. The van der Waals surface area contributed by atoms with Crippen LogP contribution in [-0.4, -0.2) is 48.6 Å². The Balaban J connectivity index is 1.79. The summed E-state index contributed by atoms with van der Waals surface area (Å²) in [7, 11) is 3.35. The molecule has 2 aromatic heterocycles. The fraction of sp³-hybridized carbons (Fsp3) is 0.133. The number of carbonyl (C=O) groups is 1. The van der Waals surface area contributed by atoms with E-state index in [1.165, 1.54) is 4.90 Å². The number of hydrogen-bond donors (Lipinski definition) is 3. The van der Waals surface area contributed by atoms with E-state index in [0.717, 1.165) is 5.39 Å². The van der Waals surface area contributed by atoms with Gasteiger partial charge in [0.2, 0.25) is 5.95 Å². The van der Waals surface area contributed by atoms with E-state index in [9.17, 15) is 13.6 Å². The fourth-order valence-corrected chi connectivity index (χ4v) is 2.51. The summed E-state index contributed by atoms with van der Waals surface area (Å²) in [4.78, 5) is 25.0. The highest BCUT2D eigenvalue weighted by molar-refractivity contribution is 7.80. The van der Waals surface area contributed by atoms with Crippen LogP contribution in [0.15, 0.2) is 36.5 Å². The number of fused-ring (bicyclic) bond motifs is 1. The van der Waals surface area contributed by atoms with Crippen LogP contribution in [0, 0.1) is 0 Å². The molecule has 10 heteroatoms. The normalized spacial score (nSPS) is 12.0. The van der Waals surface area contributed by atoms with Gasteiger partial charge in [0.05, 0.1) is 0 Å². The Morgan fingerprint density at radius 3 is 2.56 bits per heavy atom. The maximum Gasteiger partial charge on any atom is 0.269 e. The van der Waals surface area contributed by atoms with Gasteiger partial charge in [-0.3, -0.25) is 9.00 Å². The van der Waals surface area contributed by atoms with Gasteiger partial charge in [-0.05, 0) is 30.3 Å². The number of nitrogens with zero attached hydrogens (tertiary/aromatic N) is 3. The van der Waals surface area contributed by atoms with Crippen LogP contribution in [0.2, 0.25) is 0 Å². The lowest BCUT2D eigenvalue weighted by Gasteiger charge is -2.09. The molecule has 130 valence electrons. The molecule has 0 aliphatic rings. The van der Waals surface area contributed by atoms with Crippen LogP contribution < -0.4 is 10.0 Å². The number of benzene rings is 1. The molecule has 0 aliphatic carbocycles. The van der Waals surface area contributed by atoms with Crippen LogP contribution >= 0.6 is 0 Å². The van der Waals surface area contributed by atoms with E-state index in [1.54, 1.807) is 50.6 Å². The van der Waals surface area contributed by atoms with E-state index in [4.69, 9.17) is 0 Å². The number of nitrogens with one attached hydrogen (secondary N) is 3. The van der Waals surface area contributed by atoms with Crippen molar-refractivity contribution in [2.45, 2.75) is 0 Å². The number of aromatic amines is 1. The summed E-state index contributed by atoms with van der Waals surface area (Å²) in [6.45, 7) is 0. The first-order valence-electron chi connectivity index (χ1n) is 7.23. The third-order valence-corrected chi connectivity index (χ3v) is 3.75. The van der Waals surface area contributed by atoms with Gasteiger partial charge >= 0.3 is 0 Å². The molecule has 2 heterocycles. The first-order chi connectivity index (χ1) is 11.9. The molecule has 0 aliphatic heterocycles. The Hall–Kier alpha value is -2.98. The smallest absolute Gasteiger partial charge is 0.269 e. The van der Waals surface area contributed by atoms with Crippen molar-refractivity contribution in [2.24, 2.45) is 0 Å². The van der Waals surface area contributed by atoms with Crippen LogP contribution in [-0.2, 0) is 11.3 Å². The second kappa shape index (κ2) is 6.87. The first-order valence-corrected chi connectivity index (χ1v) is 8.30. The van der Waals surface area contributed by atoms with E-state index in [2.05, 4.69) is 25.0 Å². The Bertz CT molecular complexity index is 938. The van der Waals surface area contributed by atoms with Crippen LogP contribution in [0.4, 0.5) is 17.3 Å². The average Bonchev–Trinajstić information content (AvgIpc) is 2.98. The highest BCUT2D eigenvalue weighted by Gasteiger charge is 2.12. The zero-order valence-corrected chi connectivity index (χ0v) is 14.3. The molecule has 0 fully saturated rings. The van der Waals surface area contributed by atoms with Gasteiger partial charge in [-0.2, -0.15) is 4.98 Å². The van der Waals surface area contributed by atoms with Gasteiger partial charge in [0, 0.05) is 48.3 Å². The van der Waals surface area contributed by atoms with Gasteiger partial charge in [-0.15, -0.1) is 0 Å². The van der Waals surface area contributed by atoms with Crippen LogP contribution in [0.25, 0.3) is 11.0 Å². The molecule has 0 saturated carbocycles. The standard InChI is InChI=1S/C15H16N6O3S/c1-21(2)14(22)12-7-9-8-16-15(19-13(9)18-12)17-10-3-5-11(6-4-10)20-25(23)24/h3-8,20H,1-2H3,(H,23,24)(H2,16,17,18,19)/p-1. The highest BCUT2D eigenvalue weighted by atomic mass is 32.2. The number of anilines is 3. The summed E-state index contributed by atoms with van der Waals surface area (Å²) in [5.41, 5.74) is 2.12. The maximum absolute atomic E-state index is 12.0. The summed E-state index contributed by atoms with van der Waals surface area (Å²) >= 11 is -2.36. The molecule has 1 unspecified atom stereocenters. The lowest BCUT2D eigenvalue weighted by Crippen LogP contribution is -2.21. The number of hydrogen-bond acceptors (Lipinski definition) is 6. The number of rotatable bonds is 5. The van der Waals surface area contributed by atoms with Gasteiger partial charge in [0.15, 0.2) is 0 Å². The van der Waals surface area contributed by atoms with E-state index in [0.29, 0.717) is 28.7 Å². The molecule has 1 aromatic carbocycles. The summed E-state index contributed by atoms with van der Waals surface area (Å²) < 4.78 is 23.4. The van der Waals surface area contributed by atoms with Crippen molar-refractivity contribution >= 4 is 45.5 Å². The lowest BCUT2D eigenvalue weighted by molar-refractivity contribution is 0.0823. The topological polar surface area (TPSA) is 126 Å². The van der Waals surface area contributed by atoms with E-state index in [-0.39, 0.29) is 5.91 Å². The molecule has 25 heavy (non-hydrogen) atoms. The van der Waals surface area contributed by atoms with Gasteiger partial charge in [0.1, 0.15) is 11.3 Å². The second-order valence-corrected chi connectivity index (χ2v) is 6.09. The molecule has 3 N–H and O–H groups in total. The SMILES string of the molecule is CN(C)C(=O)c1cc2cnc(Nc3ccc(NS(=O)[O-])cc3)nc2[nH]1. The van der Waals surface area contributed by atoms with Crippen molar-refractivity contribution in [2.75, 3.05) is 24.1 Å². The molecule has 0 spiro atoms. The maximum atomic E-state index is 12.0. The Morgan fingerprint density at radius 2 is 1.92 bits per heavy atom. The molecule has 1 atom stereocenters. The second-order valence-electron chi connectivity index (χ2n) is 5.42. The summed E-state index contributed by atoms with van der Waals surface area (Å²) in [6.07, 6.45) is 1.62. The quantitative estimate of drug-likeness (QED) is 0.594. The number of H-pyrrole nitrogens is 1. The monoisotopic (exact) mass is 359 g/mol. The number of carbonyl (C=O) groups excluding carboxylic acids is 1. The minimum absolute atomic E-state index is 0.147. The van der Waals surface area contributed by atoms with Crippen molar-refractivity contribution in [1.29, 1.82) is 0 Å². The summed E-state index contributed by atoms with van der Waals surface area (Å²) in [6, 6.07) is 8.31. The van der Waals surface area contributed by atoms with Crippen molar-refractivity contribution in [3.05, 3.63) is 42.2 Å². The Morgan fingerprint density at radius 1 is 1.24 bits per heavy atom. The van der Waals surface area contributed by atoms with Gasteiger partial charge in [0.25, 0.3) is 5.91 Å². The molecule has 3 aromatic rings. The fourth-order valence-electron chi connectivity index (χ4n) is 2.18. The van der Waals surface area contributed by atoms with Crippen molar-refractivity contribution < 1.29 is 13.6 Å². The average molecular weight is 359 g/mol. The Kier molecular flexibility index (Phi) is 4.63.